The first kappa shape index (κ1) is 33.4. The number of carbonyl (C=O) groups is 1. The maximum absolute atomic E-state index is 16.5. The van der Waals surface area contributed by atoms with Gasteiger partial charge < -0.3 is 14.4 Å². The van der Waals surface area contributed by atoms with Gasteiger partial charge in [0.15, 0.2) is 0 Å². The van der Waals surface area contributed by atoms with Crippen LogP contribution in [0.4, 0.5) is 17.6 Å². The highest BCUT2D eigenvalue weighted by molar-refractivity contribution is 7.99. The zero-order chi connectivity index (χ0) is 32.0. The molecule has 1 atom stereocenters. The topological polar surface area (TPSA) is 87.2 Å². The number of morpholine rings is 1. The summed E-state index contributed by atoms with van der Waals surface area (Å²) in [4.78, 5) is 21.6. The molecule has 1 unspecified atom stereocenters. The fourth-order valence-corrected chi connectivity index (χ4v) is 7.21. The first-order valence-electron chi connectivity index (χ1n) is 15.1. The van der Waals surface area contributed by atoms with E-state index < -0.39 is 34.9 Å². The second-order valence-corrected chi connectivity index (χ2v) is 12.7. The molecule has 0 bridgehead atoms. The van der Waals surface area contributed by atoms with Gasteiger partial charge in [0.25, 0.3) is 0 Å². The summed E-state index contributed by atoms with van der Waals surface area (Å²) in [6.07, 6.45) is 1.33. The third kappa shape index (κ3) is 7.89. The molecule has 0 radical (unpaired) electrons. The Morgan fingerprint density at radius 3 is 2.49 bits per heavy atom. The highest BCUT2D eigenvalue weighted by Gasteiger charge is 2.42. The quantitative estimate of drug-likeness (QED) is 0.112. The number of fused-ring (bicyclic) bond motifs is 1. The Morgan fingerprint density at radius 2 is 1.82 bits per heavy atom. The van der Waals surface area contributed by atoms with E-state index in [0.29, 0.717) is 92.3 Å². The van der Waals surface area contributed by atoms with Gasteiger partial charge in [-0.15, -0.1) is 11.8 Å². The third-order valence-electron chi connectivity index (χ3n) is 8.90. The number of thioether (sulfide) groups is 1. The molecule has 3 heterocycles. The van der Waals surface area contributed by atoms with Gasteiger partial charge in [-0.1, -0.05) is 0 Å². The third-order valence-corrected chi connectivity index (χ3v) is 9.97. The van der Waals surface area contributed by atoms with Crippen molar-refractivity contribution >= 4 is 28.6 Å². The Hall–Kier alpha value is -2.97. The zero-order valence-electron chi connectivity index (χ0n) is 25.2. The van der Waals surface area contributed by atoms with Gasteiger partial charge in [0.2, 0.25) is 5.91 Å². The molecule has 13 heteroatoms. The number of piperidine rings is 1. The largest absolute Gasteiger partial charge is 0.497 e. The van der Waals surface area contributed by atoms with Crippen molar-refractivity contribution in [2.75, 3.05) is 58.8 Å². The molecule has 2 saturated heterocycles. The number of ether oxygens (including phenoxy) is 2. The highest BCUT2D eigenvalue weighted by atomic mass is 32.2. The van der Waals surface area contributed by atoms with Gasteiger partial charge >= 0.3 is 0 Å². The standard InChI is InChI=1S/C32H38F4N4O4S/c1-43-23-2-3-28-24(18-23)29(21(19-37-28)20-40-10-13-44-14-11-40)25(34)4-5-32(31(41)38-42)6-8-39(9-7-32)12-15-45-30-26(35)16-22(33)17-27(30)36/h2-3,16-19,25,42H,4-15,20H2,1H3,(H,38,41). The van der Waals surface area contributed by atoms with E-state index in [4.69, 9.17) is 9.47 Å². The lowest BCUT2D eigenvalue weighted by Gasteiger charge is -2.40. The normalized spacial score (nSPS) is 18.2. The molecule has 1 aromatic heterocycles. The number of benzene rings is 2. The van der Waals surface area contributed by atoms with E-state index in [9.17, 15) is 23.2 Å². The van der Waals surface area contributed by atoms with E-state index in [1.165, 1.54) is 0 Å². The van der Waals surface area contributed by atoms with Gasteiger partial charge in [-0.25, -0.2) is 23.0 Å². The number of alkyl halides is 1. The first-order valence-corrected chi connectivity index (χ1v) is 16.1. The molecule has 1 amide bonds. The van der Waals surface area contributed by atoms with Crippen LogP contribution < -0.4 is 10.2 Å². The average Bonchev–Trinajstić information content (AvgIpc) is 3.05. The van der Waals surface area contributed by atoms with Crippen molar-refractivity contribution in [3.05, 3.63) is 65.1 Å². The Balaban J connectivity index is 1.27. The monoisotopic (exact) mass is 650 g/mol. The molecule has 45 heavy (non-hydrogen) atoms. The number of methoxy groups -OCH3 is 1. The second kappa shape index (κ2) is 15.1. The molecule has 2 fully saturated rings. The van der Waals surface area contributed by atoms with Crippen molar-refractivity contribution in [1.29, 1.82) is 0 Å². The number of aromatic nitrogens is 1. The second-order valence-electron chi connectivity index (χ2n) is 11.6. The molecule has 244 valence electrons. The fraction of sp³-hybridized carbons (Fsp3) is 0.500. The Kier molecular flexibility index (Phi) is 11.2. The SMILES string of the molecule is COc1ccc2ncc(CN3CCOCC3)c(C(F)CCC3(C(=O)NO)CCN(CCSc4c(F)cc(F)cc4F)CC3)c2c1. The first-order chi connectivity index (χ1) is 21.7. The lowest BCUT2D eigenvalue weighted by Crippen LogP contribution is -2.48. The van der Waals surface area contributed by atoms with Gasteiger partial charge in [-0.3, -0.25) is 19.9 Å². The predicted octanol–water partition coefficient (Wildman–Crippen LogP) is 5.66. The molecule has 2 aliphatic rings. The van der Waals surface area contributed by atoms with Gasteiger partial charge in [0, 0.05) is 61.2 Å². The number of hydrogen-bond donors (Lipinski definition) is 2. The summed E-state index contributed by atoms with van der Waals surface area (Å²) in [5, 5.41) is 10.3. The van der Waals surface area contributed by atoms with Crippen molar-refractivity contribution < 1.29 is 37.0 Å². The van der Waals surface area contributed by atoms with Crippen LogP contribution in [0.2, 0.25) is 0 Å². The lowest BCUT2D eigenvalue weighted by atomic mass is 9.73. The van der Waals surface area contributed by atoms with Crippen LogP contribution in [-0.4, -0.2) is 84.7 Å². The van der Waals surface area contributed by atoms with Gasteiger partial charge in [0.1, 0.15) is 29.4 Å². The Bertz CT molecular complexity index is 1460. The van der Waals surface area contributed by atoms with Gasteiger partial charge in [-0.05, 0) is 62.5 Å². The number of pyridine rings is 1. The summed E-state index contributed by atoms with van der Waals surface area (Å²) >= 11 is 0.964. The maximum atomic E-state index is 16.5. The summed E-state index contributed by atoms with van der Waals surface area (Å²) in [6.45, 7) is 4.65. The summed E-state index contributed by atoms with van der Waals surface area (Å²) in [5.41, 5.74) is 2.76. The summed E-state index contributed by atoms with van der Waals surface area (Å²) < 4.78 is 68.7. The molecule has 2 N–H and O–H groups in total. The smallest absolute Gasteiger partial charge is 0.249 e. The molecule has 2 aromatic carbocycles. The van der Waals surface area contributed by atoms with Crippen LogP contribution in [0.5, 0.6) is 5.75 Å². The van der Waals surface area contributed by atoms with Crippen LogP contribution in [0.3, 0.4) is 0 Å². The lowest BCUT2D eigenvalue weighted by molar-refractivity contribution is -0.143. The van der Waals surface area contributed by atoms with Gasteiger partial charge in [0.05, 0.1) is 36.2 Å². The number of likely N-dealkylation sites (tertiary alicyclic amines) is 1. The highest BCUT2D eigenvalue weighted by Crippen LogP contribution is 2.42. The molecule has 2 aliphatic heterocycles. The number of amides is 1. The van der Waals surface area contributed by atoms with E-state index in [2.05, 4.69) is 14.8 Å². The molecule has 8 nitrogen and oxygen atoms in total. The van der Waals surface area contributed by atoms with Crippen LogP contribution in [0, 0.1) is 22.9 Å². The minimum atomic E-state index is -1.41. The van der Waals surface area contributed by atoms with Crippen LogP contribution in [0.25, 0.3) is 10.9 Å². The van der Waals surface area contributed by atoms with Crippen LogP contribution >= 0.6 is 11.8 Å². The summed E-state index contributed by atoms with van der Waals surface area (Å²) in [7, 11) is 1.56. The minimum absolute atomic E-state index is 0.0544. The summed E-state index contributed by atoms with van der Waals surface area (Å²) in [6, 6.07) is 6.69. The molecular weight excluding hydrogens is 612 g/mol. The minimum Gasteiger partial charge on any atom is -0.497 e. The molecule has 0 spiro atoms. The van der Waals surface area contributed by atoms with Crippen LogP contribution in [0.15, 0.2) is 41.4 Å². The molecule has 0 saturated carbocycles. The Morgan fingerprint density at radius 1 is 1.11 bits per heavy atom. The predicted molar refractivity (Wildman–Crippen MR) is 163 cm³/mol. The molecular formula is C32H38F4N4O4S. The van der Waals surface area contributed by atoms with Crippen LogP contribution in [0.1, 0.15) is 43.0 Å². The van der Waals surface area contributed by atoms with Gasteiger partial charge in [-0.2, -0.15) is 0 Å². The summed E-state index contributed by atoms with van der Waals surface area (Å²) in [5.74, 6) is -2.45. The number of hydrogen-bond acceptors (Lipinski definition) is 8. The van der Waals surface area contributed by atoms with E-state index in [1.807, 2.05) is 0 Å². The Labute approximate surface area is 264 Å². The van der Waals surface area contributed by atoms with E-state index in [1.54, 1.807) is 37.0 Å². The van der Waals surface area contributed by atoms with E-state index >= 15 is 4.39 Å². The van der Waals surface area contributed by atoms with E-state index in [0.717, 1.165) is 30.4 Å². The van der Waals surface area contributed by atoms with Crippen molar-refractivity contribution in [2.24, 2.45) is 5.41 Å². The van der Waals surface area contributed by atoms with Crippen molar-refractivity contribution in [2.45, 2.75) is 43.3 Å². The van der Waals surface area contributed by atoms with Crippen molar-refractivity contribution in [3.8, 4) is 5.75 Å². The van der Waals surface area contributed by atoms with E-state index in [-0.39, 0.29) is 17.7 Å². The van der Waals surface area contributed by atoms with Crippen molar-refractivity contribution in [1.82, 2.24) is 20.3 Å². The van der Waals surface area contributed by atoms with Crippen LogP contribution in [-0.2, 0) is 16.1 Å². The number of halogens is 4. The molecule has 5 rings (SSSR count). The fourth-order valence-electron chi connectivity index (χ4n) is 6.26. The number of carbonyl (C=O) groups excluding carboxylic acids is 1. The average molecular weight is 651 g/mol. The number of rotatable bonds is 12. The molecule has 3 aromatic rings. The molecule has 0 aliphatic carbocycles. The number of nitrogens with zero attached hydrogens (tertiary/aromatic N) is 3. The zero-order valence-corrected chi connectivity index (χ0v) is 26.0. The maximum Gasteiger partial charge on any atom is 0.249 e. The van der Waals surface area contributed by atoms with Crippen molar-refractivity contribution in [3.63, 3.8) is 0 Å². The number of hydroxylamine groups is 1. The number of nitrogens with one attached hydrogen (secondary N) is 1.